The highest BCUT2D eigenvalue weighted by molar-refractivity contribution is 8.01. The van der Waals surface area contributed by atoms with Crippen LogP contribution in [0, 0.1) is 0 Å². The lowest BCUT2D eigenvalue weighted by Crippen LogP contribution is -2.27. The Bertz CT molecular complexity index is 594. The van der Waals surface area contributed by atoms with Crippen molar-refractivity contribution in [2.75, 3.05) is 11.1 Å². The zero-order valence-corrected chi connectivity index (χ0v) is 14.0. The van der Waals surface area contributed by atoms with Crippen molar-refractivity contribution in [3.05, 3.63) is 22.4 Å². The van der Waals surface area contributed by atoms with E-state index in [0.717, 1.165) is 9.47 Å². The van der Waals surface area contributed by atoms with Gasteiger partial charge in [0, 0.05) is 10.9 Å². The van der Waals surface area contributed by atoms with Gasteiger partial charge in [-0.05, 0) is 31.2 Å². The fourth-order valence-electron chi connectivity index (χ4n) is 1.75. The van der Waals surface area contributed by atoms with Crippen molar-refractivity contribution in [1.82, 2.24) is 15.5 Å². The molecule has 0 spiro atoms. The summed E-state index contributed by atoms with van der Waals surface area (Å²) in [7, 11) is 0. The summed E-state index contributed by atoms with van der Waals surface area (Å²) in [5.74, 6) is 0.390. The van der Waals surface area contributed by atoms with E-state index in [0.29, 0.717) is 11.8 Å². The molecule has 0 aliphatic heterocycles. The number of hydrogen-bond acceptors (Lipinski definition) is 7. The van der Waals surface area contributed by atoms with Crippen LogP contribution in [0.1, 0.15) is 30.7 Å². The molecule has 2 aromatic heterocycles. The number of thiophene rings is 1. The second-order valence-corrected chi connectivity index (χ2v) is 8.06. The fourth-order valence-corrected chi connectivity index (χ4v) is 4.12. The van der Waals surface area contributed by atoms with Crippen LogP contribution < -0.4 is 10.6 Å². The maximum absolute atomic E-state index is 11.9. The predicted octanol–water partition coefficient (Wildman–Crippen LogP) is 3.14. The molecular formula is C13H16N4OS3. The first-order chi connectivity index (χ1) is 10.2. The van der Waals surface area contributed by atoms with Crippen molar-refractivity contribution < 1.29 is 4.79 Å². The molecule has 2 aromatic rings. The van der Waals surface area contributed by atoms with E-state index in [-0.39, 0.29) is 11.9 Å². The summed E-state index contributed by atoms with van der Waals surface area (Å²) in [6.07, 6.45) is 2.43. The summed E-state index contributed by atoms with van der Waals surface area (Å²) in [4.78, 5) is 13.1. The molecule has 2 N–H and O–H groups in total. The Morgan fingerprint density at radius 2 is 2.38 bits per heavy atom. The van der Waals surface area contributed by atoms with Crippen LogP contribution in [0.4, 0.5) is 5.13 Å². The number of rotatable bonds is 7. The van der Waals surface area contributed by atoms with Crippen molar-refractivity contribution in [1.29, 1.82) is 0 Å². The van der Waals surface area contributed by atoms with Gasteiger partial charge in [0.1, 0.15) is 0 Å². The minimum Gasteiger partial charge on any atom is -0.357 e. The lowest BCUT2D eigenvalue weighted by molar-refractivity contribution is -0.119. The molecule has 1 amide bonds. The molecule has 1 aliphatic rings. The van der Waals surface area contributed by atoms with Crippen LogP contribution in [0.5, 0.6) is 0 Å². The Balaban J connectivity index is 1.43. The lowest BCUT2D eigenvalue weighted by Gasteiger charge is -2.11. The van der Waals surface area contributed by atoms with Gasteiger partial charge in [-0.1, -0.05) is 29.2 Å². The average molecular weight is 340 g/mol. The fraction of sp³-hybridized carbons (Fsp3) is 0.462. The highest BCUT2D eigenvalue weighted by Crippen LogP contribution is 2.30. The zero-order valence-electron chi connectivity index (χ0n) is 11.5. The molecule has 0 bridgehead atoms. The van der Waals surface area contributed by atoms with Crippen molar-refractivity contribution in [3.63, 3.8) is 0 Å². The number of carbonyl (C=O) groups is 1. The lowest BCUT2D eigenvalue weighted by atomic mass is 10.3. The molecular weight excluding hydrogens is 324 g/mol. The van der Waals surface area contributed by atoms with Crippen LogP contribution in [0.3, 0.4) is 0 Å². The highest BCUT2D eigenvalue weighted by Gasteiger charge is 2.22. The van der Waals surface area contributed by atoms with Crippen molar-refractivity contribution in [2.45, 2.75) is 36.2 Å². The Morgan fingerprint density at radius 3 is 3.10 bits per heavy atom. The normalized spacial score (nSPS) is 15.7. The van der Waals surface area contributed by atoms with Gasteiger partial charge in [0.25, 0.3) is 0 Å². The molecule has 0 aromatic carbocycles. The minimum atomic E-state index is 0.0211. The molecule has 1 unspecified atom stereocenters. The van der Waals surface area contributed by atoms with Gasteiger partial charge < -0.3 is 10.6 Å². The third-order valence-electron chi connectivity index (χ3n) is 2.99. The van der Waals surface area contributed by atoms with Gasteiger partial charge in [-0.25, -0.2) is 0 Å². The molecule has 0 saturated heterocycles. The number of hydrogen-bond donors (Lipinski definition) is 2. The largest absolute Gasteiger partial charge is 0.357 e. The van der Waals surface area contributed by atoms with E-state index in [2.05, 4.69) is 20.8 Å². The molecule has 1 aliphatic carbocycles. The molecule has 112 valence electrons. The zero-order chi connectivity index (χ0) is 14.7. The topological polar surface area (TPSA) is 66.9 Å². The molecule has 2 heterocycles. The molecule has 1 atom stereocenters. The Kier molecular flexibility index (Phi) is 4.77. The van der Waals surface area contributed by atoms with Crippen molar-refractivity contribution in [2.24, 2.45) is 0 Å². The second kappa shape index (κ2) is 6.76. The Morgan fingerprint density at radius 1 is 1.52 bits per heavy atom. The second-order valence-electron chi connectivity index (χ2n) is 4.89. The first kappa shape index (κ1) is 14.8. The van der Waals surface area contributed by atoms with Crippen LogP contribution in [-0.4, -0.2) is 27.9 Å². The SMILES string of the molecule is CC(NC(=O)CSc1nnc(NC2CC2)s1)c1cccs1. The quantitative estimate of drug-likeness (QED) is 0.758. The van der Waals surface area contributed by atoms with E-state index in [1.165, 1.54) is 40.8 Å². The monoisotopic (exact) mass is 340 g/mol. The summed E-state index contributed by atoms with van der Waals surface area (Å²) in [6.45, 7) is 2.00. The number of amides is 1. The van der Waals surface area contributed by atoms with Gasteiger partial charge in [-0.3, -0.25) is 4.79 Å². The van der Waals surface area contributed by atoms with Gasteiger partial charge in [-0.2, -0.15) is 0 Å². The van der Waals surface area contributed by atoms with Crippen LogP contribution in [0.25, 0.3) is 0 Å². The summed E-state index contributed by atoms with van der Waals surface area (Å²) >= 11 is 4.60. The standard InChI is InChI=1S/C13H16N4OS3/c1-8(10-3-2-6-19-10)14-11(18)7-20-13-17-16-12(21-13)15-9-4-5-9/h2-3,6,8-9H,4-5,7H2,1H3,(H,14,18)(H,15,16). The van der Waals surface area contributed by atoms with Crippen LogP contribution in [-0.2, 0) is 4.79 Å². The van der Waals surface area contributed by atoms with Gasteiger partial charge in [-0.15, -0.1) is 21.5 Å². The predicted molar refractivity (Wildman–Crippen MR) is 88.2 cm³/mol. The van der Waals surface area contributed by atoms with E-state index in [9.17, 15) is 4.79 Å². The first-order valence-electron chi connectivity index (χ1n) is 6.76. The van der Waals surface area contributed by atoms with E-state index in [1.807, 2.05) is 24.4 Å². The molecule has 1 fully saturated rings. The van der Waals surface area contributed by atoms with Crippen LogP contribution in [0.2, 0.25) is 0 Å². The molecule has 8 heteroatoms. The summed E-state index contributed by atoms with van der Waals surface area (Å²) in [5.41, 5.74) is 0. The average Bonchev–Trinajstić information content (AvgIpc) is 2.95. The van der Waals surface area contributed by atoms with Gasteiger partial charge in [0.2, 0.25) is 11.0 Å². The van der Waals surface area contributed by atoms with Crippen LogP contribution >= 0.6 is 34.4 Å². The third-order valence-corrected chi connectivity index (χ3v) is 6.03. The molecule has 5 nitrogen and oxygen atoms in total. The number of nitrogens with one attached hydrogen (secondary N) is 2. The van der Waals surface area contributed by atoms with E-state index in [1.54, 1.807) is 11.3 Å². The van der Waals surface area contributed by atoms with Crippen LogP contribution in [0.15, 0.2) is 21.9 Å². The van der Waals surface area contributed by atoms with Gasteiger partial charge in [0.15, 0.2) is 4.34 Å². The summed E-state index contributed by atoms with van der Waals surface area (Å²) < 4.78 is 0.831. The van der Waals surface area contributed by atoms with E-state index >= 15 is 0 Å². The molecule has 3 rings (SSSR count). The Hall–Kier alpha value is -1.12. The van der Waals surface area contributed by atoms with Gasteiger partial charge in [0.05, 0.1) is 11.8 Å². The number of nitrogens with zero attached hydrogens (tertiary/aromatic N) is 2. The number of thioether (sulfide) groups is 1. The van der Waals surface area contributed by atoms with E-state index < -0.39 is 0 Å². The first-order valence-corrected chi connectivity index (χ1v) is 9.44. The minimum absolute atomic E-state index is 0.0211. The van der Waals surface area contributed by atoms with E-state index in [4.69, 9.17) is 0 Å². The number of anilines is 1. The van der Waals surface area contributed by atoms with Crippen molar-refractivity contribution in [3.8, 4) is 0 Å². The maximum atomic E-state index is 11.9. The molecule has 1 saturated carbocycles. The Labute approximate surface area is 135 Å². The molecule has 0 radical (unpaired) electrons. The summed E-state index contributed by atoms with van der Waals surface area (Å²) in [6, 6.07) is 4.65. The highest BCUT2D eigenvalue weighted by atomic mass is 32.2. The summed E-state index contributed by atoms with van der Waals surface area (Å²) in [5, 5.41) is 17.3. The molecule has 21 heavy (non-hydrogen) atoms. The smallest absolute Gasteiger partial charge is 0.230 e. The number of carbonyl (C=O) groups excluding carboxylic acids is 1. The maximum Gasteiger partial charge on any atom is 0.230 e. The van der Waals surface area contributed by atoms with Crippen molar-refractivity contribution >= 4 is 45.5 Å². The number of aromatic nitrogens is 2. The third kappa shape index (κ3) is 4.42. The van der Waals surface area contributed by atoms with Gasteiger partial charge >= 0.3 is 0 Å².